The molecule has 2 aromatic carbocycles. The van der Waals surface area contributed by atoms with Crippen molar-refractivity contribution in [1.82, 2.24) is 10.5 Å². The van der Waals surface area contributed by atoms with Crippen molar-refractivity contribution in [3.05, 3.63) is 88.6 Å². The Morgan fingerprint density at radius 3 is 2.61 bits per heavy atom. The Labute approximate surface area is 168 Å². The molecule has 3 rings (SSSR count). The summed E-state index contributed by atoms with van der Waals surface area (Å²) in [5.74, 6) is 0.827. The number of hydroxylamine groups is 1. The molecule has 2 N–H and O–H groups in total. The number of carbonyl (C=O) groups is 1. The van der Waals surface area contributed by atoms with Crippen LogP contribution >= 0.6 is 11.6 Å². The minimum atomic E-state index is -0.386. The number of benzene rings is 2. The molecule has 0 aliphatic carbocycles. The second-order valence-electron chi connectivity index (χ2n) is 5.91. The average molecular weight is 398 g/mol. The maximum absolute atomic E-state index is 12.5. The number of pyridine rings is 1. The molecule has 0 saturated carbocycles. The lowest BCUT2D eigenvalue weighted by atomic mass is 10.2. The second kappa shape index (κ2) is 9.73. The van der Waals surface area contributed by atoms with E-state index in [1.165, 1.54) is 0 Å². The van der Waals surface area contributed by atoms with Crippen LogP contribution in [0.2, 0.25) is 5.02 Å². The number of ether oxygens (including phenoxy) is 1. The van der Waals surface area contributed by atoms with E-state index in [4.69, 9.17) is 21.2 Å². The Hall–Kier alpha value is -3.09. The van der Waals surface area contributed by atoms with Crippen molar-refractivity contribution in [2.24, 2.45) is 0 Å². The van der Waals surface area contributed by atoms with E-state index in [0.29, 0.717) is 22.9 Å². The molecule has 6 nitrogen and oxygen atoms in total. The SMILES string of the molecule is COc1ccc(CONC(=O)c2cccnc2NCc2ccccc2Cl)cc1. The lowest BCUT2D eigenvalue weighted by Gasteiger charge is -2.12. The smallest absolute Gasteiger partial charge is 0.278 e. The van der Waals surface area contributed by atoms with Crippen molar-refractivity contribution < 1.29 is 14.4 Å². The summed E-state index contributed by atoms with van der Waals surface area (Å²) in [6, 6.07) is 18.3. The van der Waals surface area contributed by atoms with E-state index in [9.17, 15) is 4.79 Å². The summed E-state index contributed by atoms with van der Waals surface area (Å²) in [7, 11) is 1.61. The first-order chi connectivity index (χ1) is 13.7. The van der Waals surface area contributed by atoms with Gasteiger partial charge in [-0.2, -0.15) is 0 Å². The third-order valence-electron chi connectivity index (χ3n) is 4.02. The molecular formula is C21H20ClN3O3. The van der Waals surface area contributed by atoms with Crippen LogP contribution in [0.4, 0.5) is 5.82 Å². The summed E-state index contributed by atoms with van der Waals surface area (Å²) in [5.41, 5.74) is 4.65. The number of hydrogen-bond donors (Lipinski definition) is 2. The molecule has 0 aliphatic rings. The number of amides is 1. The van der Waals surface area contributed by atoms with Gasteiger partial charge in [0.05, 0.1) is 19.3 Å². The largest absolute Gasteiger partial charge is 0.497 e. The molecule has 1 aromatic heterocycles. The highest BCUT2D eigenvalue weighted by Gasteiger charge is 2.12. The van der Waals surface area contributed by atoms with Gasteiger partial charge in [-0.05, 0) is 41.5 Å². The lowest BCUT2D eigenvalue weighted by Crippen LogP contribution is -2.25. The van der Waals surface area contributed by atoms with Crippen LogP contribution in [-0.2, 0) is 18.0 Å². The topological polar surface area (TPSA) is 72.5 Å². The molecule has 0 spiro atoms. The van der Waals surface area contributed by atoms with Crippen molar-refractivity contribution in [2.45, 2.75) is 13.2 Å². The predicted molar refractivity (Wildman–Crippen MR) is 108 cm³/mol. The van der Waals surface area contributed by atoms with Gasteiger partial charge in [0.1, 0.15) is 11.6 Å². The van der Waals surface area contributed by atoms with Gasteiger partial charge in [0.25, 0.3) is 5.91 Å². The van der Waals surface area contributed by atoms with E-state index >= 15 is 0 Å². The minimum absolute atomic E-state index is 0.235. The Balaban J connectivity index is 1.58. The molecule has 0 saturated heterocycles. The first kappa shape index (κ1) is 19.7. The maximum Gasteiger partial charge on any atom is 0.278 e. The van der Waals surface area contributed by atoms with Crippen molar-refractivity contribution in [2.75, 3.05) is 12.4 Å². The molecule has 0 atom stereocenters. The fourth-order valence-electron chi connectivity index (χ4n) is 2.51. The number of carbonyl (C=O) groups excluding carboxylic acids is 1. The normalized spacial score (nSPS) is 10.4. The first-order valence-electron chi connectivity index (χ1n) is 8.64. The molecule has 0 radical (unpaired) electrons. The zero-order valence-electron chi connectivity index (χ0n) is 15.3. The van der Waals surface area contributed by atoms with Crippen LogP contribution < -0.4 is 15.5 Å². The van der Waals surface area contributed by atoms with E-state index in [2.05, 4.69) is 15.8 Å². The first-order valence-corrected chi connectivity index (χ1v) is 9.02. The molecule has 0 bridgehead atoms. The van der Waals surface area contributed by atoms with Crippen molar-refractivity contribution in [1.29, 1.82) is 0 Å². The minimum Gasteiger partial charge on any atom is -0.497 e. The number of aromatic nitrogens is 1. The van der Waals surface area contributed by atoms with Gasteiger partial charge >= 0.3 is 0 Å². The molecule has 28 heavy (non-hydrogen) atoms. The highest BCUT2D eigenvalue weighted by Crippen LogP contribution is 2.18. The van der Waals surface area contributed by atoms with Gasteiger partial charge in [0.15, 0.2) is 0 Å². The number of hydrogen-bond acceptors (Lipinski definition) is 5. The third-order valence-corrected chi connectivity index (χ3v) is 4.39. The zero-order chi connectivity index (χ0) is 19.8. The fourth-order valence-corrected chi connectivity index (χ4v) is 2.71. The van der Waals surface area contributed by atoms with Crippen LogP contribution in [-0.4, -0.2) is 18.0 Å². The molecule has 0 aliphatic heterocycles. The summed E-state index contributed by atoms with van der Waals surface area (Å²) in [6.07, 6.45) is 1.62. The summed E-state index contributed by atoms with van der Waals surface area (Å²) < 4.78 is 5.11. The second-order valence-corrected chi connectivity index (χ2v) is 6.32. The molecule has 0 fully saturated rings. The fraction of sp³-hybridized carbons (Fsp3) is 0.143. The zero-order valence-corrected chi connectivity index (χ0v) is 16.1. The number of rotatable bonds is 8. The molecule has 0 unspecified atom stereocenters. The third kappa shape index (κ3) is 5.22. The molecular weight excluding hydrogens is 378 g/mol. The molecule has 7 heteroatoms. The van der Waals surface area contributed by atoms with Gasteiger partial charge in [-0.3, -0.25) is 9.63 Å². The van der Waals surface area contributed by atoms with Crippen LogP contribution in [0, 0.1) is 0 Å². The van der Waals surface area contributed by atoms with Gasteiger partial charge in [-0.1, -0.05) is 41.9 Å². The number of nitrogens with one attached hydrogen (secondary N) is 2. The van der Waals surface area contributed by atoms with Gasteiger partial charge in [-0.25, -0.2) is 10.5 Å². The lowest BCUT2D eigenvalue weighted by molar-refractivity contribution is 0.0234. The number of nitrogens with zero attached hydrogens (tertiary/aromatic N) is 1. The number of anilines is 1. The van der Waals surface area contributed by atoms with Crippen LogP contribution in [0.5, 0.6) is 5.75 Å². The number of methoxy groups -OCH3 is 1. The maximum atomic E-state index is 12.5. The Kier molecular flexibility index (Phi) is 6.84. The van der Waals surface area contributed by atoms with Crippen molar-refractivity contribution in [3.8, 4) is 5.75 Å². The molecule has 1 heterocycles. The van der Waals surface area contributed by atoms with E-state index in [-0.39, 0.29) is 12.5 Å². The van der Waals surface area contributed by atoms with Crippen molar-refractivity contribution >= 4 is 23.3 Å². The highest BCUT2D eigenvalue weighted by molar-refractivity contribution is 6.31. The van der Waals surface area contributed by atoms with Crippen LogP contribution in [0.15, 0.2) is 66.9 Å². The van der Waals surface area contributed by atoms with Crippen LogP contribution in [0.1, 0.15) is 21.5 Å². The Morgan fingerprint density at radius 2 is 1.86 bits per heavy atom. The summed E-state index contributed by atoms with van der Waals surface area (Å²) in [4.78, 5) is 22.0. The standard InChI is InChI=1S/C21H20ClN3O3/c1-27-17-10-8-15(9-11-17)14-28-25-21(26)18-6-4-12-23-20(18)24-13-16-5-2-3-7-19(16)22/h2-12H,13-14H2,1H3,(H,23,24)(H,25,26). The van der Waals surface area contributed by atoms with E-state index in [0.717, 1.165) is 16.9 Å². The van der Waals surface area contributed by atoms with Crippen LogP contribution in [0.25, 0.3) is 0 Å². The average Bonchev–Trinajstić information content (AvgIpc) is 2.74. The summed E-state index contributed by atoms with van der Waals surface area (Å²) in [6.45, 7) is 0.683. The Bertz CT molecular complexity index is 932. The van der Waals surface area contributed by atoms with Gasteiger partial charge in [0, 0.05) is 17.8 Å². The van der Waals surface area contributed by atoms with Crippen LogP contribution in [0.3, 0.4) is 0 Å². The quantitative estimate of drug-likeness (QED) is 0.557. The monoisotopic (exact) mass is 397 g/mol. The van der Waals surface area contributed by atoms with Crippen molar-refractivity contribution in [3.63, 3.8) is 0 Å². The van der Waals surface area contributed by atoms with Gasteiger partial charge < -0.3 is 10.1 Å². The highest BCUT2D eigenvalue weighted by atomic mass is 35.5. The molecule has 1 amide bonds. The summed E-state index contributed by atoms with van der Waals surface area (Å²) >= 11 is 6.17. The Morgan fingerprint density at radius 1 is 1.07 bits per heavy atom. The van der Waals surface area contributed by atoms with E-state index in [1.54, 1.807) is 25.4 Å². The van der Waals surface area contributed by atoms with Gasteiger partial charge in [-0.15, -0.1) is 0 Å². The van der Waals surface area contributed by atoms with E-state index < -0.39 is 0 Å². The molecule has 3 aromatic rings. The van der Waals surface area contributed by atoms with Gasteiger partial charge in [0.2, 0.25) is 0 Å². The predicted octanol–water partition coefficient (Wildman–Crippen LogP) is 4.22. The number of halogens is 1. The van der Waals surface area contributed by atoms with E-state index in [1.807, 2.05) is 48.5 Å². The summed E-state index contributed by atoms with van der Waals surface area (Å²) in [5, 5.41) is 3.80. The molecule has 144 valence electrons.